The van der Waals surface area contributed by atoms with E-state index in [9.17, 15) is 9.59 Å². The minimum Gasteiger partial charge on any atom is -0.497 e. The van der Waals surface area contributed by atoms with Crippen molar-refractivity contribution in [1.29, 1.82) is 0 Å². The van der Waals surface area contributed by atoms with Crippen molar-refractivity contribution in [2.45, 2.75) is 0 Å². The van der Waals surface area contributed by atoms with Gasteiger partial charge in [0.25, 0.3) is 11.8 Å². The van der Waals surface area contributed by atoms with Crippen LogP contribution in [-0.4, -0.2) is 25.5 Å². The predicted molar refractivity (Wildman–Crippen MR) is 118 cm³/mol. The van der Waals surface area contributed by atoms with E-state index in [1.165, 1.54) is 0 Å². The Morgan fingerprint density at radius 1 is 0.800 bits per heavy atom. The number of halogens is 2. The molecule has 8 heteroatoms. The van der Waals surface area contributed by atoms with Crippen molar-refractivity contribution in [2.75, 3.05) is 24.4 Å². The molecule has 3 rings (SSSR count). The van der Waals surface area contributed by atoms with Crippen molar-refractivity contribution in [1.82, 2.24) is 0 Å². The fourth-order valence-electron chi connectivity index (χ4n) is 2.55. The van der Waals surface area contributed by atoms with E-state index in [-0.39, 0.29) is 18.4 Å². The molecular formula is C22H18Cl2N2O4. The van der Waals surface area contributed by atoms with Crippen LogP contribution in [0.5, 0.6) is 11.5 Å². The van der Waals surface area contributed by atoms with E-state index in [4.69, 9.17) is 32.7 Å². The van der Waals surface area contributed by atoms with E-state index < -0.39 is 0 Å². The molecule has 0 spiro atoms. The average molecular weight is 445 g/mol. The quantitative estimate of drug-likeness (QED) is 0.520. The van der Waals surface area contributed by atoms with Crippen LogP contribution in [0.2, 0.25) is 10.0 Å². The Kier molecular flexibility index (Phi) is 7.17. The number of hydrogen-bond donors (Lipinski definition) is 2. The molecule has 30 heavy (non-hydrogen) atoms. The maximum absolute atomic E-state index is 12.3. The van der Waals surface area contributed by atoms with Gasteiger partial charge >= 0.3 is 0 Å². The van der Waals surface area contributed by atoms with Crippen molar-refractivity contribution in [3.05, 3.63) is 82.3 Å². The summed E-state index contributed by atoms with van der Waals surface area (Å²) in [6.45, 7) is -0.207. The molecule has 0 atom stereocenters. The molecule has 154 valence electrons. The highest BCUT2D eigenvalue weighted by atomic mass is 35.5. The molecule has 3 aromatic rings. The Morgan fingerprint density at radius 3 is 2.00 bits per heavy atom. The first-order chi connectivity index (χ1) is 14.4. The first kappa shape index (κ1) is 21.5. The number of carbonyl (C=O) groups excluding carboxylic acids is 2. The monoisotopic (exact) mass is 444 g/mol. The van der Waals surface area contributed by atoms with Gasteiger partial charge in [-0.3, -0.25) is 9.59 Å². The van der Waals surface area contributed by atoms with Crippen LogP contribution >= 0.6 is 23.2 Å². The van der Waals surface area contributed by atoms with Gasteiger partial charge in [0.1, 0.15) is 11.5 Å². The number of benzene rings is 3. The van der Waals surface area contributed by atoms with E-state index in [0.29, 0.717) is 38.5 Å². The summed E-state index contributed by atoms with van der Waals surface area (Å²) < 4.78 is 10.5. The standard InChI is InChI=1S/C22H18Cl2N2O4/c1-29-19-8-4-17(5-9-19)26-22(28)14-2-6-20(7-3-14)30-13-21(27)25-18-11-15(23)10-16(24)12-18/h2-12H,13H2,1H3,(H,25,27)(H,26,28). The Morgan fingerprint density at radius 2 is 1.40 bits per heavy atom. The number of nitrogens with one attached hydrogen (secondary N) is 2. The lowest BCUT2D eigenvalue weighted by molar-refractivity contribution is -0.118. The lowest BCUT2D eigenvalue weighted by Crippen LogP contribution is -2.20. The van der Waals surface area contributed by atoms with Gasteiger partial charge in [-0.1, -0.05) is 23.2 Å². The molecule has 0 aliphatic carbocycles. The van der Waals surface area contributed by atoms with E-state index in [1.807, 2.05) is 0 Å². The van der Waals surface area contributed by atoms with Gasteiger partial charge in [-0.25, -0.2) is 0 Å². The summed E-state index contributed by atoms with van der Waals surface area (Å²) in [6, 6.07) is 18.2. The minimum absolute atomic E-state index is 0.207. The normalized spacial score (nSPS) is 10.2. The van der Waals surface area contributed by atoms with E-state index >= 15 is 0 Å². The molecule has 2 N–H and O–H groups in total. The number of carbonyl (C=O) groups is 2. The zero-order valence-corrected chi connectivity index (χ0v) is 17.5. The van der Waals surface area contributed by atoms with Gasteiger partial charge in [0, 0.05) is 27.0 Å². The number of anilines is 2. The van der Waals surface area contributed by atoms with Gasteiger partial charge in [-0.15, -0.1) is 0 Å². The Labute approximate surface area is 183 Å². The first-order valence-electron chi connectivity index (χ1n) is 8.87. The highest BCUT2D eigenvalue weighted by Gasteiger charge is 2.09. The van der Waals surface area contributed by atoms with E-state index in [0.717, 1.165) is 0 Å². The average Bonchev–Trinajstić information content (AvgIpc) is 2.72. The maximum Gasteiger partial charge on any atom is 0.262 e. The summed E-state index contributed by atoms with van der Waals surface area (Å²) in [5, 5.41) is 6.29. The van der Waals surface area contributed by atoms with Crippen molar-refractivity contribution in [3.63, 3.8) is 0 Å². The van der Waals surface area contributed by atoms with Crippen molar-refractivity contribution < 1.29 is 19.1 Å². The maximum atomic E-state index is 12.3. The highest BCUT2D eigenvalue weighted by molar-refractivity contribution is 6.35. The molecule has 0 saturated heterocycles. The molecule has 0 bridgehead atoms. The van der Waals surface area contributed by atoms with Gasteiger partial charge in [0.15, 0.2) is 6.61 Å². The molecule has 0 radical (unpaired) electrons. The topological polar surface area (TPSA) is 76.7 Å². The summed E-state index contributed by atoms with van der Waals surface area (Å²) in [5.74, 6) is 0.532. The number of ether oxygens (including phenoxy) is 2. The molecule has 0 aliphatic heterocycles. The third kappa shape index (κ3) is 6.14. The van der Waals surface area contributed by atoms with Gasteiger partial charge in [0.2, 0.25) is 0 Å². The van der Waals surface area contributed by atoms with Crippen LogP contribution in [0.25, 0.3) is 0 Å². The van der Waals surface area contributed by atoms with Crippen LogP contribution in [0.15, 0.2) is 66.7 Å². The molecule has 6 nitrogen and oxygen atoms in total. The third-order valence-corrected chi connectivity index (χ3v) is 4.42. The number of hydrogen-bond acceptors (Lipinski definition) is 4. The first-order valence-corrected chi connectivity index (χ1v) is 9.63. The highest BCUT2D eigenvalue weighted by Crippen LogP contribution is 2.22. The van der Waals surface area contributed by atoms with Gasteiger partial charge < -0.3 is 20.1 Å². The second-order valence-electron chi connectivity index (χ2n) is 6.20. The Bertz CT molecular complexity index is 1020. The lowest BCUT2D eigenvalue weighted by Gasteiger charge is -2.09. The second kappa shape index (κ2) is 10.0. The van der Waals surface area contributed by atoms with Gasteiger partial charge in [-0.2, -0.15) is 0 Å². The predicted octanol–water partition coefficient (Wildman–Crippen LogP) is 5.27. The van der Waals surface area contributed by atoms with Crippen molar-refractivity contribution in [2.24, 2.45) is 0 Å². The Balaban J connectivity index is 1.52. The smallest absolute Gasteiger partial charge is 0.262 e. The zero-order chi connectivity index (χ0) is 21.5. The largest absolute Gasteiger partial charge is 0.497 e. The summed E-state index contributed by atoms with van der Waals surface area (Å²) in [4.78, 5) is 24.4. The van der Waals surface area contributed by atoms with E-state index in [1.54, 1.807) is 73.8 Å². The van der Waals surface area contributed by atoms with Crippen LogP contribution < -0.4 is 20.1 Å². The molecule has 0 fully saturated rings. The SMILES string of the molecule is COc1ccc(NC(=O)c2ccc(OCC(=O)Nc3cc(Cl)cc(Cl)c3)cc2)cc1. The second-order valence-corrected chi connectivity index (χ2v) is 7.07. The fraction of sp³-hybridized carbons (Fsp3) is 0.0909. The van der Waals surface area contributed by atoms with Crippen LogP contribution in [0.4, 0.5) is 11.4 Å². The molecule has 0 unspecified atom stereocenters. The fourth-order valence-corrected chi connectivity index (χ4v) is 3.08. The van der Waals surface area contributed by atoms with Crippen LogP contribution in [0.3, 0.4) is 0 Å². The molecule has 0 saturated carbocycles. The zero-order valence-electron chi connectivity index (χ0n) is 15.9. The Hall–Kier alpha value is -3.22. The lowest BCUT2D eigenvalue weighted by atomic mass is 10.2. The molecule has 0 heterocycles. The number of amides is 2. The molecular weight excluding hydrogens is 427 g/mol. The number of methoxy groups -OCH3 is 1. The minimum atomic E-state index is -0.366. The summed E-state index contributed by atoms with van der Waals surface area (Å²) in [5.41, 5.74) is 1.58. The molecule has 3 aromatic carbocycles. The summed E-state index contributed by atoms with van der Waals surface area (Å²) in [6.07, 6.45) is 0. The molecule has 2 amide bonds. The molecule has 0 aliphatic rings. The summed E-state index contributed by atoms with van der Waals surface area (Å²) >= 11 is 11.8. The van der Waals surface area contributed by atoms with Gasteiger partial charge in [-0.05, 0) is 66.7 Å². The van der Waals surface area contributed by atoms with Crippen molar-refractivity contribution in [3.8, 4) is 11.5 Å². The van der Waals surface area contributed by atoms with Crippen LogP contribution in [-0.2, 0) is 4.79 Å². The number of rotatable bonds is 7. The van der Waals surface area contributed by atoms with Crippen LogP contribution in [0, 0.1) is 0 Å². The van der Waals surface area contributed by atoms with E-state index in [2.05, 4.69) is 10.6 Å². The summed E-state index contributed by atoms with van der Waals surface area (Å²) in [7, 11) is 1.58. The molecule has 0 aromatic heterocycles. The third-order valence-electron chi connectivity index (χ3n) is 3.98. The van der Waals surface area contributed by atoms with Gasteiger partial charge in [0.05, 0.1) is 7.11 Å². The van der Waals surface area contributed by atoms with Crippen molar-refractivity contribution >= 4 is 46.4 Å². The van der Waals surface area contributed by atoms with Crippen LogP contribution in [0.1, 0.15) is 10.4 Å².